The highest BCUT2D eigenvalue weighted by atomic mass is 32.2. The first kappa shape index (κ1) is 15.9. The topological polar surface area (TPSA) is 55.4 Å². The Morgan fingerprint density at radius 1 is 1.22 bits per heavy atom. The van der Waals surface area contributed by atoms with Gasteiger partial charge in [0, 0.05) is 22.7 Å². The Balaban J connectivity index is 1.82. The molecule has 1 aliphatic rings. The zero-order valence-corrected chi connectivity index (χ0v) is 13.8. The summed E-state index contributed by atoms with van der Waals surface area (Å²) in [6, 6.07) is 15.3. The maximum absolute atomic E-state index is 12.7. The van der Waals surface area contributed by atoms with Crippen LogP contribution in [0, 0.1) is 0 Å². The number of fused-ring (bicyclic) bond motifs is 1. The predicted octanol–water partition coefficient (Wildman–Crippen LogP) is 2.82. The molecule has 0 fully saturated rings. The zero-order chi connectivity index (χ0) is 16.2. The summed E-state index contributed by atoms with van der Waals surface area (Å²) in [7, 11) is -0.965. The first-order valence-corrected chi connectivity index (χ1v) is 9.26. The van der Waals surface area contributed by atoms with E-state index in [9.17, 15) is 9.00 Å². The molecule has 1 N–H and O–H groups in total. The summed E-state index contributed by atoms with van der Waals surface area (Å²) in [5, 5.41) is 2.93. The van der Waals surface area contributed by atoms with Gasteiger partial charge in [-0.15, -0.1) is 0 Å². The van der Waals surface area contributed by atoms with Gasteiger partial charge >= 0.3 is 0 Å². The molecule has 3 rings (SSSR count). The van der Waals surface area contributed by atoms with Crippen molar-refractivity contribution in [2.24, 2.45) is 0 Å². The number of amides is 1. The van der Waals surface area contributed by atoms with Gasteiger partial charge in [0.05, 0.1) is 12.4 Å². The van der Waals surface area contributed by atoms with E-state index in [0.717, 1.165) is 23.1 Å². The van der Waals surface area contributed by atoms with Crippen molar-refractivity contribution in [1.82, 2.24) is 0 Å². The molecule has 0 spiro atoms. The third-order valence-corrected chi connectivity index (χ3v) is 4.58. The molecule has 0 saturated carbocycles. The third kappa shape index (κ3) is 3.68. The molecule has 2 aromatic carbocycles. The number of ether oxygens (including phenoxy) is 1. The lowest BCUT2D eigenvalue weighted by Gasteiger charge is -2.25. The molecule has 2 unspecified atom stereocenters. The van der Waals surface area contributed by atoms with E-state index in [1.165, 1.54) is 0 Å². The SMILES string of the molecule is CS(=O)Cc1ccccc1NC(=O)C1OCCc2ccccc21. The molecule has 2 aromatic rings. The van der Waals surface area contributed by atoms with E-state index >= 15 is 0 Å². The Morgan fingerprint density at radius 3 is 2.78 bits per heavy atom. The quantitative estimate of drug-likeness (QED) is 0.938. The molecular weight excluding hydrogens is 310 g/mol. The van der Waals surface area contributed by atoms with Crippen LogP contribution in [-0.2, 0) is 32.5 Å². The number of carbonyl (C=O) groups is 1. The smallest absolute Gasteiger partial charge is 0.258 e. The number of nitrogens with one attached hydrogen (secondary N) is 1. The summed E-state index contributed by atoms with van der Waals surface area (Å²) < 4.78 is 17.2. The standard InChI is InChI=1S/C18H19NO3S/c1-23(21)12-14-7-3-5-9-16(14)19-18(20)17-15-8-4-2-6-13(15)10-11-22-17/h2-9,17H,10-12H2,1H3,(H,19,20). The maximum Gasteiger partial charge on any atom is 0.258 e. The van der Waals surface area contributed by atoms with Crippen LogP contribution in [0.25, 0.3) is 0 Å². The van der Waals surface area contributed by atoms with Gasteiger partial charge in [0.1, 0.15) is 0 Å². The molecule has 2 atom stereocenters. The number of para-hydroxylation sites is 1. The van der Waals surface area contributed by atoms with Gasteiger partial charge in [0.25, 0.3) is 5.91 Å². The molecule has 0 aliphatic carbocycles. The Kier molecular flexibility index (Phi) is 4.88. The molecule has 5 heteroatoms. The van der Waals surface area contributed by atoms with Crippen molar-refractivity contribution in [3.8, 4) is 0 Å². The second kappa shape index (κ2) is 7.06. The van der Waals surface area contributed by atoms with Crippen LogP contribution in [0.4, 0.5) is 5.69 Å². The number of hydrogen-bond acceptors (Lipinski definition) is 3. The second-order valence-electron chi connectivity index (χ2n) is 5.56. The van der Waals surface area contributed by atoms with Crippen molar-refractivity contribution in [2.75, 3.05) is 18.2 Å². The van der Waals surface area contributed by atoms with Crippen molar-refractivity contribution in [2.45, 2.75) is 18.3 Å². The molecule has 1 heterocycles. The fraction of sp³-hybridized carbons (Fsp3) is 0.278. The van der Waals surface area contributed by atoms with E-state index in [1.807, 2.05) is 48.5 Å². The van der Waals surface area contributed by atoms with Crippen LogP contribution in [0.5, 0.6) is 0 Å². The van der Waals surface area contributed by atoms with Crippen LogP contribution in [0.2, 0.25) is 0 Å². The lowest BCUT2D eigenvalue weighted by atomic mass is 9.97. The number of benzene rings is 2. The molecule has 0 radical (unpaired) electrons. The first-order valence-electron chi connectivity index (χ1n) is 7.53. The van der Waals surface area contributed by atoms with Gasteiger partial charge in [-0.25, -0.2) is 0 Å². The van der Waals surface area contributed by atoms with Crippen LogP contribution >= 0.6 is 0 Å². The minimum Gasteiger partial charge on any atom is -0.363 e. The molecule has 0 bridgehead atoms. The molecule has 1 aliphatic heterocycles. The summed E-state index contributed by atoms with van der Waals surface area (Å²) in [6.07, 6.45) is 1.88. The largest absolute Gasteiger partial charge is 0.363 e. The number of anilines is 1. The molecular formula is C18H19NO3S. The Bertz CT molecular complexity index is 745. The van der Waals surface area contributed by atoms with Gasteiger partial charge in [-0.2, -0.15) is 0 Å². The molecule has 0 saturated heterocycles. The molecule has 1 amide bonds. The molecule has 23 heavy (non-hydrogen) atoms. The summed E-state index contributed by atoms with van der Waals surface area (Å²) >= 11 is 0. The average Bonchev–Trinajstić information content (AvgIpc) is 2.55. The fourth-order valence-electron chi connectivity index (χ4n) is 2.80. The summed E-state index contributed by atoms with van der Waals surface area (Å²) in [5.74, 6) is 0.227. The maximum atomic E-state index is 12.7. The summed E-state index contributed by atoms with van der Waals surface area (Å²) in [6.45, 7) is 0.537. The highest BCUT2D eigenvalue weighted by Crippen LogP contribution is 2.28. The van der Waals surface area contributed by atoms with Crippen molar-refractivity contribution in [3.63, 3.8) is 0 Å². The number of rotatable bonds is 4. The van der Waals surface area contributed by atoms with Crippen LogP contribution in [-0.4, -0.2) is 23.0 Å². The van der Waals surface area contributed by atoms with E-state index in [2.05, 4.69) is 5.32 Å². The average molecular weight is 329 g/mol. The lowest BCUT2D eigenvalue weighted by Crippen LogP contribution is -2.28. The van der Waals surface area contributed by atoms with E-state index < -0.39 is 16.9 Å². The minimum atomic E-state index is -0.965. The fourth-order valence-corrected chi connectivity index (χ4v) is 3.49. The van der Waals surface area contributed by atoms with E-state index in [4.69, 9.17) is 4.74 Å². The monoisotopic (exact) mass is 329 g/mol. The summed E-state index contributed by atoms with van der Waals surface area (Å²) in [5.41, 5.74) is 3.64. The van der Waals surface area contributed by atoms with Crippen LogP contribution in [0.3, 0.4) is 0 Å². The van der Waals surface area contributed by atoms with Crippen molar-refractivity contribution in [1.29, 1.82) is 0 Å². The van der Waals surface area contributed by atoms with Crippen molar-refractivity contribution >= 4 is 22.4 Å². The van der Waals surface area contributed by atoms with Crippen LogP contribution < -0.4 is 5.32 Å². The van der Waals surface area contributed by atoms with E-state index in [1.54, 1.807) is 6.26 Å². The highest BCUT2D eigenvalue weighted by Gasteiger charge is 2.27. The Hall–Kier alpha value is -1.98. The Labute approximate surface area is 138 Å². The highest BCUT2D eigenvalue weighted by molar-refractivity contribution is 7.83. The van der Waals surface area contributed by atoms with Gasteiger partial charge in [-0.05, 0) is 29.2 Å². The van der Waals surface area contributed by atoms with Gasteiger partial charge < -0.3 is 10.1 Å². The number of hydrogen-bond donors (Lipinski definition) is 1. The second-order valence-corrected chi connectivity index (χ2v) is 7.00. The third-order valence-electron chi connectivity index (χ3n) is 3.87. The van der Waals surface area contributed by atoms with Gasteiger partial charge in [0.2, 0.25) is 0 Å². The molecule has 0 aromatic heterocycles. The van der Waals surface area contributed by atoms with Gasteiger partial charge in [-0.1, -0.05) is 42.5 Å². The first-order chi connectivity index (χ1) is 11.1. The lowest BCUT2D eigenvalue weighted by molar-refractivity contribution is -0.128. The minimum absolute atomic E-state index is 0.188. The Morgan fingerprint density at radius 2 is 1.96 bits per heavy atom. The van der Waals surface area contributed by atoms with Crippen LogP contribution in [0.1, 0.15) is 22.8 Å². The van der Waals surface area contributed by atoms with Crippen LogP contribution in [0.15, 0.2) is 48.5 Å². The number of carbonyl (C=O) groups excluding carboxylic acids is 1. The van der Waals surface area contributed by atoms with Gasteiger partial charge in [-0.3, -0.25) is 9.00 Å². The van der Waals surface area contributed by atoms with Gasteiger partial charge in [0.15, 0.2) is 6.10 Å². The van der Waals surface area contributed by atoms with Crippen molar-refractivity contribution < 1.29 is 13.7 Å². The van der Waals surface area contributed by atoms with Crippen molar-refractivity contribution in [3.05, 3.63) is 65.2 Å². The molecule has 4 nitrogen and oxygen atoms in total. The zero-order valence-electron chi connectivity index (χ0n) is 13.0. The molecule has 120 valence electrons. The normalized spacial score (nSPS) is 18.0. The van der Waals surface area contributed by atoms with E-state index in [-0.39, 0.29) is 5.91 Å². The van der Waals surface area contributed by atoms with E-state index in [0.29, 0.717) is 18.0 Å². The summed E-state index contributed by atoms with van der Waals surface area (Å²) in [4.78, 5) is 12.7. The predicted molar refractivity (Wildman–Crippen MR) is 91.7 cm³/mol.